The van der Waals surface area contributed by atoms with Gasteiger partial charge in [0, 0.05) is 5.57 Å². The third-order valence-electron chi connectivity index (χ3n) is 4.32. The lowest BCUT2D eigenvalue weighted by molar-refractivity contribution is -0.155. The molecule has 0 aliphatic heterocycles. The fourth-order valence-corrected chi connectivity index (χ4v) is 3.33. The second-order valence-corrected chi connectivity index (χ2v) is 5.91. The monoisotopic (exact) mass is 236 g/mol. The number of hydrogen-bond acceptors (Lipinski definition) is 2. The fraction of sp³-hybridized carbons (Fsp3) is 0.800. The van der Waals surface area contributed by atoms with Crippen LogP contribution < -0.4 is 0 Å². The van der Waals surface area contributed by atoms with Gasteiger partial charge in [-0.3, -0.25) is 0 Å². The molecule has 2 saturated carbocycles. The molecule has 2 unspecified atom stereocenters. The molecule has 2 rings (SSSR count). The molecule has 0 heterocycles. The van der Waals surface area contributed by atoms with Crippen LogP contribution in [0.3, 0.4) is 0 Å². The first-order valence-electron chi connectivity index (χ1n) is 7.00. The minimum atomic E-state index is -0.190. The predicted octanol–water partition coefficient (Wildman–Crippen LogP) is 4.00. The van der Waals surface area contributed by atoms with E-state index in [1.165, 1.54) is 38.5 Å². The Hall–Kier alpha value is -0.790. The van der Waals surface area contributed by atoms with E-state index in [0.717, 1.165) is 25.2 Å². The maximum atomic E-state index is 11.8. The second kappa shape index (κ2) is 5.24. The van der Waals surface area contributed by atoms with Crippen LogP contribution in [0.25, 0.3) is 0 Å². The Labute approximate surface area is 104 Å². The molecule has 96 valence electrons. The van der Waals surface area contributed by atoms with E-state index in [2.05, 4.69) is 6.58 Å². The van der Waals surface area contributed by atoms with Crippen LogP contribution in [0.15, 0.2) is 12.2 Å². The van der Waals surface area contributed by atoms with E-state index < -0.39 is 0 Å². The van der Waals surface area contributed by atoms with Gasteiger partial charge in [0.15, 0.2) is 0 Å². The molecule has 0 amide bonds. The topological polar surface area (TPSA) is 26.3 Å². The van der Waals surface area contributed by atoms with E-state index in [1.807, 2.05) is 0 Å². The summed E-state index contributed by atoms with van der Waals surface area (Å²) in [5.74, 6) is 0.593. The molecule has 2 fully saturated rings. The predicted molar refractivity (Wildman–Crippen MR) is 68.7 cm³/mol. The molecule has 0 aromatic heterocycles. The molecule has 17 heavy (non-hydrogen) atoms. The standard InChI is InChI=1S/C15H24O2/c1-12(2)14(16)17-15-9-6-4-3-5-7-13(11-15)8-10-15/h13H,1,3-11H2,2H3. The van der Waals surface area contributed by atoms with Crippen LogP contribution >= 0.6 is 0 Å². The Morgan fingerprint density at radius 2 is 1.94 bits per heavy atom. The summed E-state index contributed by atoms with van der Waals surface area (Å²) in [4.78, 5) is 11.8. The Balaban J connectivity index is 2.04. The van der Waals surface area contributed by atoms with Crippen LogP contribution in [0.1, 0.15) is 64.7 Å². The summed E-state index contributed by atoms with van der Waals surface area (Å²) >= 11 is 0. The zero-order chi connectivity index (χ0) is 12.3. The van der Waals surface area contributed by atoms with E-state index in [1.54, 1.807) is 6.92 Å². The molecule has 2 aliphatic carbocycles. The van der Waals surface area contributed by atoms with Crippen LogP contribution in [-0.2, 0) is 9.53 Å². The van der Waals surface area contributed by atoms with Gasteiger partial charge < -0.3 is 4.74 Å². The van der Waals surface area contributed by atoms with E-state index >= 15 is 0 Å². The van der Waals surface area contributed by atoms with Gasteiger partial charge in [0.2, 0.25) is 0 Å². The van der Waals surface area contributed by atoms with Crippen LogP contribution in [0, 0.1) is 5.92 Å². The van der Waals surface area contributed by atoms with Crippen LogP contribution in [0.2, 0.25) is 0 Å². The van der Waals surface area contributed by atoms with Gasteiger partial charge >= 0.3 is 5.97 Å². The van der Waals surface area contributed by atoms with E-state index in [4.69, 9.17) is 4.74 Å². The molecule has 0 radical (unpaired) electrons. The molecule has 2 atom stereocenters. The maximum absolute atomic E-state index is 11.8. The Kier molecular flexibility index (Phi) is 3.90. The maximum Gasteiger partial charge on any atom is 0.333 e. The van der Waals surface area contributed by atoms with E-state index in [9.17, 15) is 4.79 Å². The molecule has 0 aromatic carbocycles. The zero-order valence-electron chi connectivity index (χ0n) is 11.0. The van der Waals surface area contributed by atoms with Crippen molar-refractivity contribution in [3.05, 3.63) is 12.2 Å². The lowest BCUT2D eigenvalue weighted by Crippen LogP contribution is -2.32. The smallest absolute Gasteiger partial charge is 0.333 e. The largest absolute Gasteiger partial charge is 0.456 e. The van der Waals surface area contributed by atoms with Gasteiger partial charge in [0.25, 0.3) is 0 Å². The number of carbonyl (C=O) groups is 1. The third-order valence-corrected chi connectivity index (χ3v) is 4.32. The summed E-state index contributed by atoms with van der Waals surface area (Å²) in [6, 6.07) is 0. The molecule has 0 aromatic rings. The zero-order valence-corrected chi connectivity index (χ0v) is 11.0. The van der Waals surface area contributed by atoms with Crippen molar-refractivity contribution in [3.8, 4) is 0 Å². The van der Waals surface area contributed by atoms with Gasteiger partial charge in [0.1, 0.15) is 5.60 Å². The summed E-state index contributed by atoms with van der Waals surface area (Å²) in [6.45, 7) is 5.42. The molecule has 0 spiro atoms. The molecular formula is C15H24O2. The first-order valence-corrected chi connectivity index (χ1v) is 7.00. The van der Waals surface area contributed by atoms with Gasteiger partial charge in [-0.1, -0.05) is 32.3 Å². The third kappa shape index (κ3) is 3.11. The number of rotatable bonds is 2. The number of carbonyl (C=O) groups excluding carboxylic acids is 1. The van der Waals surface area contributed by atoms with Gasteiger partial charge in [-0.05, 0) is 44.9 Å². The van der Waals surface area contributed by atoms with Crippen LogP contribution in [-0.4, -0.2) is 11.6 Å². The minimum Gasteiger partial charge on any atom is -0.456 e. The average Bonchev–Trinajstić information content (AvgIpc) is 2.71. The summed E-state index contributed by atoms with van der Waals surface area (Å²) in [5.41, 5.74) is 0.382. The first-order chi connectivity index (χ1) is 8.11. The van der Waals surface area contributed by atoms with Gasteiger partial charge in [0.05, 0.1) is 0 Å². The molecule has 0 saturated heterocycles. The molecule has 2 bridgehead atoms. The lowest BCUT2D eigenvalue weighted by atomic mass is 9.93. The van der Waals surface area contributed by atoms with Crippen molar-refractivity contribution in [2.75, 3.05) is 0 Å². The average molecular weight is 236 g/mol. The van der Waals surface area contributed by atoms with Crippen molar-refractivity contribution in [1.82, 2.24) is 0 Å². The van der Waals surface area contributed by atoms with E-state index in [0.29, 0.717) is 5.57 Å². The minimum absolute atomic E-state index is 0.148. The number of esters is 1. The van der Waals surface area contributed by atoms with Gasteiger partial charge in [-0.15, -0.1) is 0 Å². The molecule has 2 nitrogen and oxygen atoms in total. The number of ether oxygens (including phenoxy) is 1. The highest BCUT2D eigenvalue weighted by Crippen LogP contribution is 2.44. The van der Waals surface area contributed by atoms with Crippen molar-refractivity contribution in [1.29, 1.82) is 0 Å². The summed E-state index contributed by atoms with van der Waals surface area (Å²) in [5, 5.41) is 0. The molecule has 0 N–H and O–H groups in total. The Morgan fingerprint density at radius 1 is 1.18 bits per heavy atom. The van der Waals surface area contributed by atoms with Crippen LogP contribution in [0.5, 0.6) is 0 Å². The van der Waals surface area contributed by atoms with Crippen LogP contribution in [0.4, 0.5) is 0 Å². The highest BCUT2D eigenvalue weighted by Gasteiger charge is 2.42. The summed E-state index contributed by atoms with van der Waals surface area (Å²) in [7, 11) is 0. The normalized spacial score (nSPS) is 33.4. The summed E-state index contributed by atoms with van der Waals surface area (Å²) in [6.07, 6.45) is 11.0. The van der Waals surface area contributed by atoms with E-state index in [-0.39, 0.29) is 11.6 Å². The van der Waals surface area contributed by atoms with Crippen molar-refractivity contribution >= 4 is 5.97 Å². The quantitative estimate of drug-likeness (QED) is 0.535. The fourth-order valence-electron chi connectivity index (χ4n) is 3.33. The lowest BCUT2D eigenvalue weighted by Gasteiger charge is -2.29. The van der Waals surface area contributed by atoms with Crippen molar-refractivity contribution in [2.24, 2.45) is 5.92 Å². The van der Waals surface area contributed by atoms with Gasteiger partial charge in [-0.2, -0.15) is 0 Å². The Bertz CT molecular complexity index is 308. The first kappa shape index (κ1) is 12.7. The van der Waals surface area contributed by atoms with Crippen molar-refractivity contribution < 1.29 is 9.53 Å². The van der Waals surface area contributed by atoms with Crippen molar-refractivity contribution in [3.63, 3.8) is 0 Å². The summed E-state index contributed by atoms with van der Waals surface area (Å²) < 4.78 is 5.78. The molecular weight excluding hydrogens is 212 g/mol. The second-order valence-electron chi connectivity index (χ2n) is 5.91. The van der Waals surface area contributed by atoms with Gasteiger partial charge in [-0.25, -0.2) is 4.79 Å². The highest BCUT2D eigenvalue weighted by molar-refractivity contribution is 5.87. The SMILES string of the molecule is C=C(C)C(=O)OC12CCCCCCC(CC1)C2. The Morgan fingerprint density at radius 3 is 2.71 bits per heavy atom. The molecule has 2 heteroatoms. The number of fused-ring (bicyclic) bond motifs is 2. The highest BCUT2D eigenvalue weighted by atomic mass is 16.6. The van der Waals surface area contributed by atoms with Crippen molar-refractivity contribution in [2.45, 2.75) is 70.3 Å². The number of hydrogen-bond donors (Lipinski definition) is 0. The molecule has 2 aliphatic rings.